The molecule has 0 unspecified atom stereocenters. The number of hydrogen-bond acceptors (Lipinski definition) is 3. The molecule has 0 saturated carbocycles. The van der Waals surface area contributed by atoms with Crippen LogP contribution < -0.4 is 16.4 Å². The lowest BCUT2D eigenvalue weighted by atomic mass is 10.1. The number of nitrogens with one attached hydrogen (secondary N) is 2. The van der Waals surface area contributed by atoms with Crippen molar-refractivity contribution in [1.82, 2.24) is 10.6 Å². The minimum absolute atomic E-state index is 0.277. The van der Waals surface area contributed by atoms with Crippen LogP contribution in [-0.2, 0) is 14.4 Å². The van der Waals surface area contributed by atoms with E-state index in [2.05, 4.69) is 10.6 Å². The lowest BCUT2D eigenvalue weighted by Gasteiger charge is -2.18. The maximum absolute atomic E-state index is 11.6. The van der Waals surface area contributed by atoms with Crippen molar-refractivity contribution >= 4 is 17.7 Å². The predicted molar refractivity (Wildman–Crippen MR) is 59.3 cm³/mol. The van der Waals surface area contributed by atoms with E-state index in [0.717, 1.165) is 6.42 Å². The van der Waals surface area contributed by atoms with E-state index in [1.807, 2.05) is 6.92 Å². The largest absolute Gasteiger partial charge is 0.368 e. The Morgan fingerprint density at radius 2 is 1.81 bits per heavy atom. The molecular weight excluding hydrogens is 210 g/mol. The Balaban J connectivity index is 4.37. The van der Waals surface area contributed by atoms with Crippen molar-refractivity contribution in [2.45, 2.75) is 45.7 Å². The van der Waals surface area contributed by atoms with Gasteiger partial charge in [0, 0.05) is 6.92 Å². The van der Waals surface area contributed by atoms with Gasteiger partial charge in [-0.3, -0.25) is 14.4 Å². The Morgan fingerprint density at radius 3 is 2.19 bits per heavy atom. The molecule has 0 aromatic heterocycles. The zero-order valence-electron chi connectivity index (χ0n) is 9.87. The molecule has 6 heteroatoms. The van der Waals surface area contributed by atoms with Crippen LogP contribution in [0.2, 0.25) is 0 Å². The van der Waals surface area contributed by atoms with E-state index in [1.165, 1.54) is 13.8 Å². The van der Waals surface area contributed by atoms with Crippen LogP contribution >= 0.6 is 0 Å². The summed E-state index contributed by atoms with van der Waals surface area (Å²) < 4.78 is 0. The third-order valence-electron chi connectivity index (χ3n) is 2.06. The third kappa shape index (κ3) is 5.33. The summed E-state index contributed by atoms with van der Waals surface area (Å²) >= 11 is 0. The molecule has 0 bridgehead atoms. The van der Waals surface area contributed by atoms with Crippen molar-refractivity contribution in [2.75, 3.05) is 0 Å². The summed E-state index contributed by atoms with van der Waals surface area (Å²) in [5.74, 6) is -1.27. The third-order valence-corrected chi connectivity index (χ3v) is 2.06. The first-order valence-electron chi connectivity index (χ1n) is 5.25. The van der Waals surface area contributed by atoms with Gasteiger partial charge in [-0.25, -0.2) is 0 Å². The molecule has 0 aliphatic rings. The van der Waals surface area contributed by atoms with Crippen LogP contribution in [0.5, 0.6) is 0 Å². The molecule has 0 aliphatic heterocycles. The second-order valence-corrected chi connectivity index (χ2v) is 3.67. The maximum Gasteiger partial charge on any atom is 0.243 e. The van der Waals surface area contributed by atoms with Gasteiger partial charge in [0.05, 0.1) is 0 Å². The fourth-order valence-corrected chi connectivity index (χ4v) is 1.19. The molecule has 0 radical (unpaired) electrons. The summed E-state index contributed by atoms with van der Waals surface area (Å²) in [6.07, 6.45) is 1.28. The first-order chi connectivity index (χ1) is 7.38. The first-order valence-corrected chi connectivity index (χ1v) is 5.25. The van der Waals surface area contributed by atoms with Gasteiger partial charge in [-0.05, 0) is 13.3 Å². The zero-order chi connectivity index (χ0) is 12.7. The lowest BCUT2D eigenvalue weighted by molar-refractivity contribution is -0.130. The Morgan fingerprint density at radius 1 is 1.25 bits per heavy atom. The number of hydrogen-bond donors (Lipinski definition) is 3. The number of carbonyl (C=O) groups is 3. The van der Waals surface area contributed by atoms with E-state index in [-0.39, 0.29) is 11.8 Å². The van der Waals surface area contributed by atoms with Crippen molar-refractivity contribution in [2.24, 2.45) is 5.73 Å². The molecule has 0 saturated heterocycles. The number of rotatable bonds is 6. The fraction of sp³-hybridized carbons (Fsp3) is 0.700. The molecule has 3 amide bonds. The minimum atomic E-state index is -0.736. The SMILES string of the molecule is CCC[C@H](NC(C)=O)C(=O)N[C@@H](C)C(N)=O. The van der Waals surface area contributed by atoms with Crippen LogP contribution in [0.15, 0.2) is 0 Å². The second kappa shape index (κ2) is 6.81. The van der Waals surface area contributed by atoms with Crippen molar-refractivity contribution in [3.05, 3.63) is 0 Å². The standard InChI is InChI=1S/C10H19N3O3/c1-4-5-8(13-7(3)14)10(16)12-6(2)9(11)15/h6,8H,4-5H2,1-3H3,(H2,11,15)(H,12,16)(H,13,14)/t6-,8-/m0/s1. The van der Waals surface area contributed by atoms with E-state index >= 15 is 0 Å². The zero-order valence-corrected chi connectivity index (χ0v) is 9.87. The van der Waals surface area contributed by atoms with Crippen LogP contribution in [0, 0.1) is 0 Å². The van der Waals surface area contributed by atoms with Gasteiger partial charge in [-0.2, -0.15) is 0 Å². The molecule has 0 aromatic rings. The van der Waals surface area contributed by atoms with Gasteiger partial charge < -0.3 is 16.4 Å². The quantitative estimate of drug-likeness (QED) is 0.560. The smallest absolute Gasteiger partial charge is 0.243 e. The summed E-state index contributed by atoms with van der Waals surface area (Å²) in [6.45, 7) is 4.74. The average Bonchev–Trinajstić information content (AvgIpc) is 2.16. The monoisotopic (exact) mass is 229 g/mol. The molecule has 0 fully saturated rings. The van der Waals surface area contributed by atoms with Crippen LogP contribution in [0.25, 0.3) is 0 Å². The highest BCUT2D eigenvalue weighted by atomic mass is 16.2. The van der Waals surface area contributed by atoms with E-state index in [9.17, 15) is 14.4 Å². The Labute approximate surface area is 94.9 Å². The molecule has 4 N–H and O–H groups in total. The highest BCUT2D eigenvalue weighted by Crippen LogP contribution is 1.97. The van der Waals surface area contributed by atoms with E-state index in [4.69, 9.17) is 5.73 Å². The fourth-order valence-electron chi connectivity index (χ4n) is 1.19. The summed E-state index contributed by atoms with van der Waals surface area (Å²) in [5.41, 5.74) is 5.02. The van der Waals surface area contributed by atoms with Crippen molar-refractivity contribution in [3.8, 4) is 0 Å². The number of primary amides is 1. The Kier molecular flexibility index (Phi) is 6.14. The van der Waals surface area contributed by atoms with Crippen LogP contribution in [0.1, 0.15) is 33.6 Å². The summed E-state index contributed by atoms with van der Waals surface area (Å²) in [6, 6.07) is -1.34. The molecule has 6 nitrogen and oxygen atoms in total. The number of carbonyl (C=O) groups excluding carboxylic acids is 3. The molecule has 0 aromatic carbocycles. The van der Waals surface area contributed by atoms with Gasteiger partial charge in [0.25, 0.3) is 0 Å². The number of nitrogens with two attached hydrogens (primary N) is 1. The Bertz CT molecular complexity index is 278. The van der Waals surface area contributed by atoms with Gasteiger partial charge in [-0.1, -0.05) is 13.3 Å². The molecule has 0 aliphatic carbocycles. The first kappa shape index (κ1) is 14.4. The van der Waals surface area contributed by atoms with E-state index < -0.39 is 18.0 Å². The topological polar surface area (TPSA) is 101 Å². The summed E-state index contributed by atoms with van der Waals surface area (Å²) in [4.78, 5) is 33.3. The van der Waals surface area contributed by atoms with Gasteiger partial charge in [0.2, 0.25) is 17.7 Å². The molecule has 16 heavy (non-hydrogen) atoms. The van der Waals surface area contributed by atoms with Crippen molar-refractivity contribution < 1.29 is 14.4 Å². The van der Waals surface area contributed by atoms with Crippen LogP contribution in [0.3, 0.4) is 0 Å². The highest BCUT2D eigenvalue weighted by molar-refractivity contribution is 5.90. The number of amides is 3. The summed E-state index contributed by atoms with van der Waals surface area (Å²) in [7, 11) is 0. The predicted octanol–water partition coefficient (Wildman–Crippen LogP) is -0.719. The molecule has 92 valence electrons. The normalized spacial score (nSPS) is 13.7. The van der Waals surface area contributed by atoms with Gasteiger partial charge in [0.15, 0.2) is 0 Å². The van der Waals surface area contributed by atoms with E-state index in [0.29, 0.717) is 6.42 Å². The average molecular weight is 229 g/mol. The molecule has 0 heterocycles. The van der Waals surface area contributed by atoms with Crippen LogP contribution in [0.4, 0.5) is 0 Å². The van der Waals surface area contributed by atoms with Crippen molar-refractivity contribution in [1.29, 1.82) is 0 Å². The summed E-state index contributed by atoms with van der Waals surface area (Å²) in [5, 5.41) is 4.96. The Hall–Kier alpha value is -1.59. The molecule has 0 rings (SSSR count). The van der Waals surface area contributed by atoms with Gasteiger partial charge >= 0.3 is 0 Å². The van der Waals surface area contributed by atoms with Crippen LogP contribution in [-0.4, -0.2) is 29.8 Å². The van der Waals surface area contributed by atoms with Gasteiger partial charge in [-0.15, -0.1) is 0 Å². The second-order valence-electron chi connectivity index (χ2n) is 3.67. The molecular formula is C10H19N3O3. The lowest BCUT2D eigenvalue weighted by Crippen LogP contribution is -2.51. The maximum atomic E-state index is 11.6. The highest BCUT2D eigenvalue weighted by Gasteiger charge is 2.21. The van der Waals surface area contributed by atoms with Gasteiger partial charge in [0.1, 0.15) is 12.1 Å². The molecule has 2 atom stereocenters. The molecule has 0 spiro atoms. The van der Waals surface area contributed by atoms with E-state index in [1.54, 1.807) is 0 Å². The van der Waals surface area contributed by atoms with Crippen molar-refractivity contribution in [3.63, 3.8) is 0 Å². The minimum Gasteiger partial charge on any atom is -0.368 e.